The van der Waals surface area contributed by atoms with Crippen molar-refractivity contribution in [3.05, 3.63) is 40.1 Å². The first-order chi connectivity index (χ1) is 9.71. The molecule has 0 aliphatic heterocycles. The summed E-state index contributed by atoms with van der Waals surface area (Å²) in [6.45, 7) is 4.68. The second-order valence-electron chi connectivity index (χ2n) is 4.73. The van der Waals surface area contributed by atoms with Gasteiger partial charge >= 0.3 is 0 Å². The van der Waals surface area contributed by atoms with Crippen molar-refractivity contribution >= 4 is 11.3 Å². The molecule has 2 rings (SSSR count). The van der Waals surface area contributed by atoms with Gasteiger partial charge in [-0.15, -0.1) is 11.3 Å². The summed E-state index contributed by atoms with van der Waals surface area (Å²) in [5.74, 6) is 0.768. The predicted molar refractivity (Wildman–Crippen MR) is 82.0 cm³/mol. The van der Waals surface area contributed by atoms with E-state index in [1.165, 1.54) is 0 Å². The third-order valence-corrected chi connectivity index (χ3v) is 4.12. The van der Waals surface area contributed by atoms with Gasteiger partial charge in [-0.2, -0.15) is 0 Å². The summed E-state index contributed by atoms with van der Waals surface area (Å²) < 4.78 is 5.69. The van der Waals surface area contributed by atoms with Crippen molar-refractivity contribution in [2.75, 3.05) is 0 Å². The molecule has 0 spiro atoms. The lowest BCUT2D eigenvalue weighted by molar-refractivity contribution is 0.300. The molecule has 1 atom stereocenters. The van der Waals surface area contributed by atoms with Gasteiger partial charge in [0.1, 0.15) is 12.4 Å². The van der Waals surface area contributed by atoms with E-state index in [1.54, 1.807) is 17.5 Å². The van der Waals surface area contributed by atoms with E-state index in [1.807, 2.05) is 17.5 Å². The maximum atomic E-state index is 5.91. The minimum Gasteiger partial charge on any atom is -0.486 e. The molecular weight excluding hydrogens is 270 g/mol. The van der Waals surface area contributed by atoms with Crippen LogP contribution in [0.4, 0.5) is 0 Å². The summed E-state index contributed by atoms with van der Waals surface area (Å²) in [6.07, 6.45) is 4.50. The van der Waals surface area contributed by atoms with Crippen LogP contribution in [0.5, 0.6) is 5.75 Å². The van der Waals surface area contributed by atoms with Crippen LogP contribution in [-0.2, 0) is 19.4 Å². The maximum Gasteiger partial charge on any atom is 0.138 e. The molecule has 0 aliphatic rings. The first kappa shape index (κ1) is 14.9. The smallest absolute Gasteiger partial charge is 0.138 e. The first-order valence-electron chi connectivity index (χ1n) is 6.97. The zero-order valence-corrected chi connectivity index (χ0v) is 12.8. The van der Waals surface area contributed by atoms with Crippen molar-refractivity contribution in [3.63, 3.8) is 0 Å². The Hall–Kier alpha value is -1.46. The largest absolute Gasteiger partial charge is 0.486 e. The van der Waals surface area contributed by atoms with Crippen LogP contribution in [0.3, 0.4) is 0 Å². The quantitative estimate of drug-likeness (QED) is 0.852. The second kappa shape index (κ2) is 7.36. The average Bonchev–Trinajstić information content (AvgIpc) is 2.94. The molecule has 2 aromatic rings. The molecular formula is C15H21N3OS. The van der Waals surface area contributed by atoms with Crippen LogP contribution in [0, 0.1) is 0 Å². The third kappa shape index (κ3) is 4.28. The van der Waals surface area contributed by atoms with E-state index in [0.29, 0.717) is 6.61 Å². The van der Waals surface area contributed by atoms with E-state index in [0.717, 1.165) is 41.4 Å². The Balaban J connectivity index is 1.87. The van der Waals surface area contributed by atoms with E-state index < -0.39 is 0 Å². The fourth-order valence-corrected chi connectivity index (χ4v) is 2.49. The van der Waals surface area contributed by atoms with Crippen molar-refractivity contribution in [1.82, 2.24) is 9.97 Å². The zero-order chi connectivity index (χ0) is 14.4. The van der Waals surface area contributed by atoms with Crippen molar-refractivity contribution in [3.8, 4) is 5.75 Å². The SMILES string of the molecule is CCc1nc(COc2ccc(CC(N)CC)nc2)cs1. The number of ether oxygens (including phenoxy) is 1. The lowest BCUT2D eigenvalue weighted by atomic mass is 10.1. The topological polar surface area (TPSA) is 61.0 Å². The molecule has 108 valence electrons. The molecule has 2 aromatic heterocycles. The molecule has 0 amide bonds. The molecule has 0 bridgehead atoms. The predicted octanol–water partition coefficient (Wildman–Crippen LogP) is 2.96. The fraction of sp³-hybridized carbons (Fsp3) is 0.467. The van der Waals surface area contributed by atoms with Crippen molar-refractivity contribution in [1.29, 1.82) is 0 Å². The number of pyridine rings is 1. The molecule has 0 fully saturated rings. The molecule has 0 saturated heterocycles. The fourth-order valence-electron chi connectivity index (χ4n) is 1.76. The molecule has 0 aliphatic carbocycles. The lowest BCUT2D eigenvalue weighted by Gasteiger charge is -2.08. The van der Waals surface area contributed by atoms with Crippen LogP contribution < -0.4 is 10.5 Å². The number of rotatable bonds is 7. The Bertz CT molecular complexity index is 524. The Morgan fingerprint density at radius 2 is 2.15 bits per heavy atom. The Morgan fingerprint density at radius 3 is 2.75 bits per heavy atom. The zero-order valence-electron chi connectivity index (χ0n) is 12.0. The van der Waals surface area contributed by atoms with Gasteiger partial charge in [-0.25, -0.2) is 4.98 Å². The van der Waals surface area contributed by atoms with Crippen LogP contribution in [0.1, 0.15) is 36.7 Å². The Labute approximate surface area is 124 Å². The summed E-state index contributed by atoms with van der Waals surface area (Å²) >= 11 is 1.68. The van der Waals surface area contributed by atoms with Crippen LogP contribution in [0.2, 0.25) is 0 Å². The van der Waals surface area contributed by atoms with Crippen LogP contribution in [-0.4, -0.2) is 16.0 Å². The molecule has 4 nitrogen and oxygen atoms in total. The minimum atomic E-state index is 0.178. The molecule has 2 N–H and O–H groups in total. The maximum absolute atomic E-state index is 5.91. The van der Waals surface area contributed by atoms with Gasteiger partial charge in [-0.1, -0.05) is 13.8 Å². The van der Waals surface area contributed by atoms with Crippen LogP contribution >= 0.6 is 11.3 Å². The highest BCUT2D eigenvalue weighted by Crippen LogP contribution is 2.15. The molecule has 1 unspecified atom stereocenters. The molecule has 2 heterocycles. The number of aromatic nitrogens is 2. The molecule has 5 heteroatoms. The summed E-state index contributed by atoms with van der Waals surface area (Å²) in [6, 6.07) is 4.10. The molecule has 0 aromatic carbocycles. The number of hydrogen-bond acceptors (Lipinski definition) is 5. The standard InChI is InChI=1S/C15H21N3OS/c1-3-11(16)7-12-5-6-14(8-17-12)19-9-13-10-20-15(4-2)18-13/h5-6,8,10-11H,3-4,7,9,16H2,1-2H3. The summed E-state index contributed by atoms with van der Waals surface area (Å²) in [5.41, 5.74) is 7.90. The molecule has 0 saturated carbocycles. The van der Waals surface area contributed by atoms with Gasteiger partial charge in [0, 0.05) is 23.5 Å². The Morgan fingerprint density at radius 1 is 1.30 bits per heavy atom. The highest BCUT2D eigenvalue weighted by molar-refractivity contribution is 7.09. The van der Waals surface area contributed by atoms with Gasteiger partial charge in [0.25, 0.3) is 0 Å². The van der Waals surface area contributed by atoms with Crippen molar-refractivity contribution in [2.45, 2.75) is 45.8 Å². The number of aryl methyl sites for hydroxylation is 1. The van der Waals surface area contributed by atoms with Gasteiger partial charge in [0.05, 0.1) is 16.9 Å². The van der Waals surface area contributed by atoms with Gasteiger partial charge in [-0.3, -0.25) is 4.98 Å². The monoisotopic (exact) mass is 291 g/mol. The van der Waals surface area contributed by atoms with Gasteiger partial charge in [0.2, 0.25) is 0 Å². The molecule has 20 heavy (non-hydrogen) atoms. The van der Waals surface area contributed by atoms with E-state index in [4.69, 9.17) is 10.5 Å². The van der Waals surface area contributed by atoms with Crippen LogP contribution in [0.15, 0.2) is 23.7 Å². The number of nitrogens with zero attached hydrogens (tertiary/aromatic N) is 2. The number of nitrogens with two attached hydrogens (primary N) is 1. The van der Waals surface area contributed by atoms with Gasteiger partial charge in [0.15, 0.2) is 0 Å². The Kier molecular flexibility index (Phi) is 5.49. The number of hydrogen-bond donors (Lipinski definition) is 1. The van der Waals surface area contributed by atoms with Gasteiger partial charge in [-0.05, 0) is 25.0 Å². The first-order valence-corrected chi connectivity index (χ1v) is 7.85. The van der Waals surface area contributed by atoms with E-state index >= 15 is 0 Å². The minimum absolute atomic E-state index is 0.178. The van der Waals surface area contributed by atoms with E-state index in [-0.39, 0.29) is 6.04 Å². The second-order valence-corrected chi connectivity index (χ2v) is 5.68. The highest BCUT2D eigenvalue weighted by atomic mass is 32.1. The van der Waals surface area contributed by atoms with Crippen LogP contribution in [0.25, 0.3) is 0 Å². The summed E-state index contributed by atoms with van der Waals surface area (Å²) in [5, 5.41) is 3.19. The third-order valence-electron chi connectivity index (χ3n) is 3.08. The lowest BCUT2D eigenvalue weighted by Crippen LogP contribution is -2.21. The average molecular weight is 291 g/mol. The normalized spacial score (nSPS) is 12.3. The molecule has 0 radical (unpaired) electrons. The number of thiazole rings is 1. The summed E-state index contributed by atoms with van der Waals surface area (Å²) in [4.78, 5) is 8.85. The van der Waals surface area contributed by atoms with Crippen molar-refractivity contribution in [2.24, 2.45) is 5.73 Å². The highest BCUT2D eigenvalue weighted by Gasteiger charge is 2.04. The summed E-state index contributed by atoms with van der Waals surface area (Å²) in [7, 11) is 0. The van der Waals surface area contributed by atoms with Crippen molar-refractivity contribution < 1.29 is 4.74 Å². The van der Waals surface area contributed by atoms with Gasteiger partial charge < -0.3 is 10.5 Å². The van der Waals surface area contributed by atoms with E-state index in [2.05, 4.69) is 23.8 Å². The van der Waals surface area contributed by atoms with E-state index in [9.17, 15) is 0 Å².